The van der Waals surface area contributed by atoms with Gasteiger partial charge >= 0.3 is 10.3 Å². The van der Waals surface area contributed by atoms with Gasteiger partial charge in [-0.15, -0.1) is 0 Å². The first kappa shape index (κ1) is 18.5. The number of hydrogen-bond donors (Lipinski definition) is 2. The van der Waals surface area contributed by atoms with Crippen LogP contribution in [0.15, 0.2) is 58.1 Å². The van der Waals surface area contributed by atoms with Crippen LogP contribution in [0.5, 0.6) is 0 Å². The predicted molar refractivity (Wildman–Crippen MR) is 118 cm³/mol. The highest BCUT2D eigenvalue weighted by Crippen LogP contribution is 2.26. The molecule has 0 spiro atoms. The summed E-state index contributed by atoms with van der Waals surface area (Å²) in [5.74, 6) is 0. The molecule has 7 nitrogen and oxygen atoms in total. The van der Waals surface area contributed by atoms with Gasteiger partial charge in [-0.1, -0.05) is 18.2 Å². The molecule has 2 heterocycles. The number of rotatable bonds is 1. The fourth-order valence-corrected chi connectivity index (χ4v) is 4.91. The van der Waals surface area contributed by atoms with E-state index < -0.39 is 10.3 Å². The number of H-pyrrole nitrogens is 1. The Hall–Kier alpha value is -3.49. The summed E-state index contributed by atoms with van der Waals surface area (Å²) < 4.78 is 35.3. The van der Waals surface area contributed by atoms with Crippen molar-refractivity contribution in [1.29, 1.82) is 0 Å². The van der Waals surface area contributed by atoms with Crippen LogP contribution >= 0.6 is 0 Å². The first-order valence-electron chi connectivity index (χ1n) is 9.19. The number of nitrogens with one attached hydrogen (secondary N) is 1. The zero-order valence-electron chi connectivity index (χ0n) is 16.1. The molecule has 0 aliphatic carbocycles. The van der Waals surface area contributed by atoms with Crippen molar-refractivity contribution in [3.05, 3.63) is 80.1 Å². The molecule has 2 N–H and O–H groups in total. The van der Waals surface area contributed by atoms with Gasteiger partial charge in [0.25, 0.3) is 0 Å². The molecule has 8 heteroatoms. The molecule has 0 radical (unpaired) electrons. The van der Waals surface area contributed by atoms with Gasteiger partial charge in [0.1, 0.15) is 0 Å². The Balaban J connectivity index is 2.13. The first-order valence-corrected chi connectivity index (χ1v) is 10.6. The molecule has 5 rings (SSSR count). The van der Waals surface area contributed by atoms with Crippen LogP contribution in [0.4, 0.5) is 0 Å². The topological polar surface area (TPSA) is 109 Å². The van der Waals surface area contributed by atoms with Crippen LogP contribution < -0.4 is 10.9 Å². The van der Waals surface area contributed by atoms with E-state index in [2.05, 4.69) is 4.98 Å². The van der Waals surface area contributed by atoms with Crippen LogP contribution in [-0.4, -0.2) is 21.9 Å². The standard InChI is InChI=1S/C22H16N2O5S/c1-11-6-7-13-18(8-11)24(30(27,28)29)19-10-14-17(9-15(19)21(13)25)23-16-5-3-4-12(2)20(16)22(14)26/h3-10H,1-2H3,(H,23,26)(H,27,28,29). The van der Waals surface area contributed by atoms with Crippen molar-refractivity contribution in [2.45, 2.75) is 13.8 Å². The molecule has 3 aromatic carbocycles. The third-order valence-electron chi connectivity index (χ3n) is 5.46. The summed E-state index contributed by atoms with van der Waals surface area (Å²) in [6.45, 7) is 3.57. The summed E-state index contributed by atoms with van der Waals surface area (Å²) in [6, 6.07) is 13.0. The van der Waals surface area contributed by atoms with E-state index in [0.29, 0.717) is 20.4 Å². The third-order valence-corrected chi connectivity index (χ3v) is 6.32. The Bertz CT molecular complexity index is 1780. The van der Waals surface area contributed by atoms with Crippen LogP contribution in [-0.2, 0) is 10.3 Å². The maximum absolute atomic E-state index is 13.2. The summed E-state index contributed by atoms with van der Waals surface area (Å²) in [5.41, 5.74) is 1.88. The normalized spacial score (nSPS) is 12.4. The fourth-order valence-electron chi connectivity index (χ4n) is 4.11. The molecule has 0 saturated carbocycles. The number of fused-ring (bicyclic) bond motifs is 4. The van der Waals surface area contributed by atoms with Gasteiger partial charge in [0.2, 0.25) is 0 Å². The van der Waals surface area contributed by atoms with Gasteiger partial charge in [-0.2, -0.15) is 8.42 Å². The van der Waals surface area contributed by atoms with E-state index in [4.69, 9.17) is 0 Å². The quantitative estimate of drug-likeness (QED) is 0.319. The predicted octanol–water partition coefficient (Wildman–Crippen LogP) is 3.42. The summed E-state index contributed by atoms with van der Waals surface area (Å²) in [7, 11) is -4.76. The van der Waals surface area contributed by atoms with Crippen molar-refractivity contribution in [2.75, 3.05) is 0 Å². The van der Waals surface area contributed by atoms with Crippen LogP contribution in [0.1, 0.15) is 11.1 Å². The van der Waals surface area contributed by atoms with E-state index in [0.717, 1.165) is 11.1 Å². The smallest absolute Gasteiger partial charge is 0.354 e. The summed E-state index contributed by atoms with van der Waals surface area (Å²) >= 11 is 0. The van der Waals surface area contributed by atoms with Gasteiger partial charge in [-0.3, -0.25) is 14.1 Å². The molecule has 5 aromatic rings. The van der Waals surface area contributed by atoms with Crippen molar-refractivity contribution >= 4 is 53.9 Å². The lowest BCUT2D eigenvalue weighted by atomic mass is 10.0. The third kappa shape index (κ3) is 2.51. The van der Waals surface area contributed by atoms with E-state index in [9.17, 15) is 22.6 Å². The Morgan fingerprint density at radius 3 is 2.30 bits per heavy atom. The minimum absolute atomic E-state index is 0.0495. The molecule has 2 aromatic heterocycles. The lowest BCUT2D eigenvalue weighted by molar-refractivity contribution is 0.476. The lowest BCUT2D eigenvalue weighted by Crippen LogP contribution is -2.19. The van der Waals surface area contributed by atoms with Gasteiger partial charge in [0, 0.05) is 21.5 Å². The second kappa shape index (κ2) is 6.01. The molecule has 0 aliphatic rings. The highest BCUT2D eigenvalue weighted by atomic mass is 32.2. The maximum Gasteiger partial charge on any atom is 0.364 e. The molecule has 0 aliphatic heterocycles. The largest absolute Gasteiger partial charge is 0.364 e. The van der Waals surface area contributed by atoms with Gasteiger partial charge in [-0.25, -0.2) is 3.97 Å². The molecule has 0 saturated heterocycles. The molecular weight excluding hydrogens is 404 g/mol. The molecule has 30 heavy (non-hydrogen) atoms. The molecule has 0 atom stereocenters. The van der Waals surface area contributed by atoms with Crippen LogP contribution in [0.3, 0.4) is 0 Å². The SMILES string of the molecule is Cc1ccc2c(=O)c3cc4[nH]c5cccc(C)c5c(=O)c4cc3n(S(=O)(=O)O)c2c1. The molecule has 0 unspecified atom stereocenters. The number of aryl methyl sites for hydroxylation is 2. The maximum atomic E-state index is 13.2. The summed E-state index contributed by atoms with van der Waals surface area (Å²) in [6.07, 6.45) is 0. The zero-order chi connectivity index (χ0) is 21.4. The Morgan fingerprint density at radius 1 is 0.833 bits per heavy atom. The molecule has 0 bridgehead atoms. The molecular formula is C22H16N2O5S. The highest BCUT2D eigenvalue weighted by Gasteiger charge is 2.20. The zero-order valence-corrected chi connectivity index (χ0v) is 16.9. The number of nitrogens with zero attached hydrogens (tertiary/aromatic N) is 1. The van der Waals surface area contributed by atoms with Crippen molar-refractivity contribution in [1.82, 2.24) is 8.96 Å². The van der Waals surface area contributed by atoms with E-state index in [-0.39, 0.29) is 38.0 Å². The Labute approximate surface area is 170 Å². The van der Waals surface area contributed by atoms with Crippen LogP contribution in [0.2, 0.25) is 0 Å². The minimum Gasteiger partial charge on any atom is -0.354 e. The number of aromatic nitrogens is 2. The van der Waals surface area contributed by atoms with E-state index >= 15 is 0 Å². The Morgan fingerprint density at radius 2 is 1.57 bits per heavy atom. The van der Waals surface area contributed by atoms with Gasteiger partial charge in [-0.05, 0) is 55.3 Å². The van der Waals surface area contributed by atoms with Gasteiger partial charge in [0.15, 0.2) is 10.9 Å². The van der Waals surface area contributed by atoms with E-state index in [1.54, 1.807) is 19.1 Å². The highest BCUT2D eigenvalue weighted by molar-refractivity contribution is 7.84. The average Bonchev–Trinajstić information content (AvgIpc) is 2.66. The van der Waals surface area contributed by atoms with Crippen molar-refractivity contribution < 1.29 is 13.0 Å². The van der Waals surface area contributed by atoms with Crippen molar-refractivity contribution in [3.63, 3.8) is 0 Å². The summed E-state index contributed by atoms with van der Waals surface area (Å²) in [4.78, 5) is 29.5. The van der Waals surface area contributed by atoms with E-state index in [1.807, 2.05) is 19.1 Å². The second-order valence-electron chi connectivity index (χ2n) is 7.46. The van der Waals surface area contributed by atoms with Crippen LogP contribution in [0.25, 0.3) is 43.6 Å². The van der Waals surface area contributed by atoms with Gasteiger partial charge < -0.3 is 4.98 Å². The molecule has 150 valence electrons. The molecule has 0 amide bonds. The van der Waals surface area contributed by atoms with Crippen LogP contribution in [0, 0.1) is 13.8 Å². The fraction of sp³-hybridized carbons (Fsp3) is 0.0909. The number of benzene rings is 3. The van der Waals surface area contributed by atoms with Crippen molar-refractivity contribution in [2.24, 2.45) is 0 Å². The lowest BCUT2D eigenvalue weighted by Gasteiger charge is -2.14. The number of aromatic amines is 1. The minimum atomic E-state index is -4.76. The Kier molecular flexibility index (Phi) is 3.71. The van der Waals surface area contributed by atoms with Gasteiger partial charge in [0.05, 0.1) is 22.1 Å². The van der Waals surface area contributed by atoms with E-state index in [1.165, 1.54) is 24.3 Å². The number of hydrogen-bond acceptors (Lipinski definition) is 4. The first-order chi connectivity index (χ1) is 14.2. The molecule has 0 fully saturated rings. The summed E-state index contributed by atoms with van der Waals surface area (Å²) in [5, 5.41) is 0.957. The second-order valence-corrected chi connectivity index (χ2v) is 8.72. The number of pyridine rings is 2. The monoisotopic (exact) mass is 420 g/mol. The average molecular weight is 420 g/mol. The van der Waals surface area contributed by atoms with Crippen molar-refractivity contribution in [3.8, 4) is 0 Å².